The highest BCUT2D eigenvalue weighted by atomic mass is 35.5. The van der Waals surface area contributed by atoms with Crippen LogP contribution in [0.3, 0.4) is 0 Å². The van der Waals surface area contributed by atoms with Gasteiger partial charge in [0, 0.05) is 0 Å². The minimum atomic E-state index is -3.02. The molecule has 7 heteroatoms. The molecule has 0 aromatic heterocycles. The quantitative estimate of drug-likeness (QED) is 0.605. The van der Waals surface area contributed by atoms with Gasteiger partial charge in [-0.15, -0.1) is 11.6 Å². The number of halogens is 1. The number of alkyl halides is 1. The van der Waals surface area contributed by atoms with Crippen LogP contribution in [0.1, 0.15) is 13.3 Å². The maximum Gasteiger partial charge on any atom is 0.256 e. The Bertz CT molecular complexity index is 331. The lowest BCUT2D eigenvalue weighted by atomic mass is 10.3. The Morgan fingerprint density at radius 3 is 2.73 bits per heavy atom. The summed E-state index contributed by atoms with van der Waals surface area (Å²) in [7, 11) is -3.02. The van der Waals surface area contributed by atoms with Gasteiger partial charge in [-0.1, -0.05) is 6.92 Å². The molecule has 1 rings (SSSR count). The fraction of sp³-hybridized carbons (Fsp3) is 0.875. The van der Waals surface area contributed by atoms with E-state index in [1.807, 2.05) is 6.92 Å². The third kappa shape index (κ3) is 4.12. The average molecular weight is 272 g/mol. The molecule has 0 saturated carbocycles. The van der Waals surface area contributed by atoms with E-state index in [-0.39, 0.29) is 22.7 Å². The van der Waals surface area contributed by atoms with E-state index < -0.39 is 15.2 Å². The van der Waals surface area contributed by atoms with E-state index in [4.69, 9.17) is 28.6 Å². The van der Waals surface area contributed by atoms with Gasteiger partial charge in [0.2, 0.25) is 0 Å². The molecule has 15 heavy (non-hydrogen) atoms. The smallest absolute Gasteiger partial charge is 0.256 e. The monoisotopic (exact) mass is 271 g/mol. The van der Waals surface area contributed by atoms with E-state index in [2.05, 4.69) is 5.32 Å². The fourth-order valence-electron chi connectivity index (χ4n) is 1.32. The van der Waals surface area contributed by atoms with Crippen LogP contribution in [0.5, 0.6) is 0 Å². The van der Waals surface area contributed by atoms with Crippen LogP contribution < -0.4 is 5.32 Å². The van der Waals surface area contributed by atoms with Crippen molar-refractivity contribution in [1.29, 1.82) is 0 Å². The van der Waals surface area contributed by atoms with E-state index in [0.29, 0.717) is 6.61 Å². The fourth-order valence-corrected chi connectivity index (χ4v) is 4.11. The summed E-state index contributed by atoms with van der Waals surface area (Å²) >= 11 is 10.8. The summed E-state index contributed by atoms with van der Waals surface area (Å²) < 4.78 is 27.6. The van der Waals surface area contributed by atoms with Crippen molar-refractivity contribution in [3.05, 3.63) is 0 Å². The molecule has 0 bridgehead atoms. The van der Waals surface area contributed by atoms with E-state index in [1.54, 1.807) is 0 Å². The first kappa shape index (κ1) is 13.0. The molecule has 0 aromatic rings. The number of hydrogen-bond donors (Lipinski definition) is 1. The molecular weight excluding hydrogens is 258 g/mol. The van der Waals surface area contributed by atoms with Gasteiger partial charge in [-0.05, 0) is 18.6 Å². The third-order valence-corrected chi connectivity index (χ3v) is 4.63. The zero-order valence-corrected chi connectivity index (χ0v) is 10.8. The van der Waals surface area contributed by atoms with Gasteiger partial charge in [-0.2, -0.15) is 0 Å². The lowest BCUT2D eigenvalue weighted by Gasteiger charge is -2.16. The zero-order chi connectivity index (χ0) is 11.5. The summed E-state index contributed by atoms with van der Waals surface area (Å²) in [5.74, 6) is 0.0272. The molecule has 0 amide bonds. The molecule has 1 N–H and O–H groups in total. The van der Waals surface area contributed by atoms with Crippen molar-refractivity contribution in [2.24, 2.45) is 0 Å². The van der Waals surface area contributed by atoms with Crippen molar-refractivity contribution in [2.75, 3.05) is 18.1 Å². The molecule has 0 spiro atoms. The van der Waals surface area contributed by atoms with Crippen LogP contribution in [-0.2, 0) is 14.6 Å². The summed E-state index contributed by atoms with van der Waals surface area (Å²) in [6, 6.07) is -0.332. The third-order valence-electron chi connectivity index (χ3n) is 2.02. The Balaban J connectivity index is 2.43. The highest BCUT2D eigenvalue weighted by Crippen LogP contribution is 2.17. The molecule has 0 aliphatic carbocycles. The van der Waals surface area contributed by atoms with Crippen LogP contribution >= 0.6 is 23.8 Å². The van der Waals surface area contributed by atoms with Crippen LogP contribution in [0.15, 0.2) is 0 Å². The van der Waals surface area contributed by atoms with E-state index in [0.717, 1.165) is 6.42 Å². The molecular formula is C8H14ClNO3S2. The van der Waals surface area contributed by atoms with Crippen molar-refractivity contribution < 1.29 is 13.2 Å². The first-order chi connectivity index (χ1) is 6.94. The standard InChI is InChI=1S/C8H14ClNO3S2/c1-2-3-13-8(14)10-7-5-15(11,12)4-6(7)9/h6-7H,2-5H2,1H3,(H,10,14)/t6-,7+/m1/s1. The van der Waals surface area contributed by atoms with Crippen molar-refractivity contribution in [1.82, 2.24) is 5.32 Å². The van der Waals surface area contributed by atoms with Gasteiger partial charge >= 0.3 is 0 Å². The maximum atomic E-state index is 11.2. The molecule has 4 nitrogen and oxygen atoms in total. The molecule has 1 aliphatic heterocycles. The number of rotatable bonds is 3. The Kier molecular flexibility index (Phi) is 4.61. The van der Waals surface area contributed by atoms with Crippen LogP contribution in [0.25, 0.3) is 0 Å². The van der Waals surface area contributed by atoms with E-state index in [1.165, 1.54) is 0 Å². The molecule has 0 radical (unpaired) electrons. The number of sulfone groups is 1. The molecule has 88 valence electrons. The number of thiocarbonyl (C=S) groups is 1. The SMILES string of the molecule is CCCOC(=S)N[C@H]1CS(=O)(=O)C[C@H]1Cl. The first-order valence-electron chi connectivity index (χ1n) is 4.72. The Hall–Kier alpha value is -0.0700. The predicted molar refractivity (Wildman–Crippen MR) is 64.1 cm³/mol. The molecule has 2 atom stereocenters. The van der Waals surface area contributed by atoms with Gasteiger partial charge in [-0.3, -0.25) is 0 Å². The molecule has 0 aromatic carbocycles. The Morgan fingerprint density at radius 1 is 1.60 bits per heavy atom. The van der Waals surface area contributed by atoms with Crippen LogP contribution in [-0.4, -0.2) is 43.1 Å². The largest absolute Gasteiger partial charge is 0.471 e. The second kappa shape index (κ2) is 5.32. The highest BCUT2D eigenvalue weighted by Gasteiger charge is 2.36. The van der Waals surface area contributed by atoms with Crippen LogP contribution in [0.4, 0.5) is 0 Å². The minimum absolute atomic E-state index is 0.00259. The van der Waals surface area contributed by atoms with E-state index in [9.17, 15) is 8.42 Å². The zero-order valence-electron chi connectivity index (χ0n) is 8.40. The molecule has 1 aliphatic rings. The second-order valence-corrected chi connectivity index (χ2v) is 6.56. The van der Waals surface area contributed by atoms with Crippen molar-refractivity contribution in [3.63, 3.8) is 0 Å². The summed E-state index contributed by atoms with van der Waals surface area (Å²) in [6.07, 6.45) is 0.856. The Morgan fingerprint density at radius 2 is 2.27 bits per heavy atom. The summed E-state index contributed by atoms with van der Waals surface area (Å²) in [5.41, 5.74) is 0. The lowest BCUT2D eigenvalue weighted by Crippen LogP contribution is -2.40. The molecule has 1 heterocycles. The number of ether oxygens (including phenoxy) is 1. The van der Waals surface area contributed by atoms with Crippen molar-refractivity contribution >= 4 is 38.8 Å². The van der Waals surface area contributed by atoms with Gasteiger partial charge in [0.05, 0.1) is 29.5 Å². The van der Waals surface area contributed by atoms with Crippen molar-refractivity contribution in [3.8, 4) is 0 Å². The van der Waals surface area contributed by atoms with Gasteiger partial charge in [0.1, 0.15) is 0 Å². The summed E-state index contributed by atoms with van der Waals surface area (Å²) in [6.45, 7) is 2.49. The summed E-state index contributed by atoms with van der Waals surface area (Å²) in [5, 5.41) is 2.61. The van der Waals surface area contributed by atoms with Gasteiger partial charge in [-0.25, -0.2) is 8.42 Å². The topological polar surface area (TPSA) is 55.4 Å². The van der Waals surface area contributed by atoms with Gasteiger partial charge in [0.15, 0.2) is 9.84 Å². The molecule has 1 saturated heterocycles. The lowest BCUT2D eigenvalue weighted by molar-refractivity contribution is 0.294. The van der Waals surface area contributed by atoms with Gasteiger partial charge in [0.25, 0.3) is 5.17 Å². The average Bonchev–Trinajstić information content (AvgIpc) is 2.36. The van der Waals surface area contributed by atoms with Crippen LogP contribution in [0, 0.1) is 0 Å². The second-order valence-electron chi connectivity index (χ2n) is 3.48. The number of nitrogens with one attached hydrogen (secondary N) is 1. The first-order valence-corrected chi connectivity index (χ1v) is 7.39. The molecule has 0 unspecified atom stereocenters. The van der Waals surface area contributed by atoms with Gasteiger partial charge < -0.3 is 10.1 Å². The highest BCUT2D eigenvalue weighted by molar-refractivity contribution is 7.91. The van der Waals surface area contributed by atoms with E-state index >= 15 is 0 Å². The minimum Gasteiger partial charge on any atom is -0.471 e. The number of hydrogen-bond acceptors (Lipinski definition) is 4. The van der Waals surface area contributed by atoms with Crippen molar-refractivity contribution in [2.45, 2.75) is 24.8 Å². The predicted octanol–water partition coefficient (Wildman–Crippen LogP) is 0.692. The normalized spacial score (nSPS) is 28.7. The molecule has 1 fully saturated rings. The van der Waals surface area contributed by atoms with Crippen LogP contribution in [0.2, 0.25) is 0 Å². The maximum absolute atomic E-state index is 11.2. The summed E-state index contributed by atoms with van der Waals surface area (Å²) in [4.78, 5) is 0. The Labute approximate surface area is 100 Å².